The Morgan fingerprint density at radius 2 is 1.50 bits per heavy atom. The monoisotopic (exact) mass is 322 g/mol. The van der Waals surface area contributed by atoms with Crippen LogP contribution in [0.25, 0.3) is 0 Å². The Hall–Kier alpha value is -2.95. The van der Waals surface area contributed by atoms with Crippen molar-refractivity contribution in [1.29, 1.82) is 0 Å². The van der Waals surface area contributed by atoms with Crippen molar-refractivity contribution >= 4 is 17.7 Å². The minimum Gasteiger partial charge on any atom is -0.340 e. The van der Waals surface area contributed by atoms with Gasteiger partial charge in [-0.2, -0.15) is 0 Å². The topological polar surface area (TPSA) is 57.7 Å². The fraction of sp³-hybridized carbons (Fsp3) is 0.211. The van der Waals surface area contributed by atoms with E-state index in [9.17, 15) is 14.4 Å². The highest BCUT2D eigenvalue weighted by atomic mass is 16.2. The molecule has 122 valence electrons. The maximum atomic E-state index is 12.4. The molecular weight excluding hydrogens is 304 g/mol. The second-order valence-corrected chi connectivity index (χ2v) is 5.98. The number of hydrogen-bond acceptors (Lipinski definition) is 3. The van der Waals surface area contributed by atoms with Crippen LogP contribution in [-0.2, 0) is 11.3 Å². The van der Waals surface area contributed by atoms with Crippen LogP contribution < -0.4 is 0 Å². The fourth-order valence-corrected chi connectivity index (χ4v) is 2.69. The van der Waals surface area contributed by atoms with Gasteiger partial charge in [0, 0.05) is 13.6 Å². The van der Waals surface area contributed by atoms with E-state index < -0.39 is 11.8 Å². The van der Waals surface area contributed by atoms with Crippen molar-refractivity contribution in [2.24, 2.45) is 0 Å². The number of carbonyl (C=O) groups is 3. The molecule has 1 aliphatic heterocycles. The lowest BCUT2D eigenvalue weighted by Crippen LogP contribution is -2.40. The number of imide groups is 1. The molecule has 0 bridgehead atoms. The largest absolute Gasteiger partial charge is 0.340 e. The third-order valence-electron chi connectivity index (χ3n) is 4.14. The highest BCUT2D eigenvalue weighted by Crippen LogP contribution is 2.22. The first-order chi connectivity index (χ1) is 11.5. The second kappa shape index (κ2) is 6.28. The van der Waals surface area contributed by atoms with Crippen LogP contribution in [0.15, 0.2) is 48.5 Å². The predicted octanol–water partition coefficient (Wildman–Crippen LogP) is 2.25. The van der Waals surface area contributed by atoms with Crippen molar-refractivity contribution in [1.82, 2.24) is 9.80 Å². The summed E-state index contributed by atoms with van der Waals surface area (Å²) in [7, 11) is 1.67. The maximum absolute atomic E-state index is 12.4. The molecule has 5 nitrogen and oxygen atoms in total. The molecule has 5 heteroatoms. The van der Waals surface area contributed by atoms with Crippen molar-refractivity contribution in [2.75, 3.05) is 13.6 Å². The summed E-state index contributed by atoms with van der Waals surface area (Å²) in [5.74, 6) is -1.09. The van der Waals surface area contributed by atoms with Gasteiger partial charge >= 0.3 is 0 Å². The van der Waals surface area contributed by atoms with Crippen LogP contribution in [0.5, 0.6) is 0 Å². The van der Waals surface area contributed by atoms with Gasteiger partial charge in [0.05, 0.1) is 11.1 Å². The van der Waals surface area contributed by atoms with Crippen LogP contribution in [0.1, 0.15) is 31.8 Å². The van der Waals surface area contributed by atoms with Crippen LogP contribution >= 0.6 is 0 Å². The smallest absolute Gasteiger partial charge is 0.262 e. The molecule has 0 atom stereocenters. The Kier molecular flexibility index (Phi) is 4.16. The number of fused-ring (bicyclic) bond motifs is 1. The zero-order valence-corrected chi connectivity index (χ0v) is 13.7. The van der Waals surface area contributed by atoms with Crippen LogP contribution in [0.3, 0.4) is 0 Å². The molecule has 1 aliphatic rings. The van der Waals surface area contributed by atoms with E-state index in [0.29, 0.717) is 17.7 Å². The second-order valence-electron chi connectivity index (χ2n) is 5.98. The summed E-state index contributed by atoms with van der Waals surface area (Å²) in [5.41, 5.74) is 2.87. The zero-order chi connectivity index (χ0) is 17.3. The lowest BCUT2D eigenvalue weighted by atomic mass is 10.1. The fourth-order valence-electron chi connectivity index (χ4n) is 2.69. The number of rotatable bonds is 4. The molecule has 0 aliphatic carbocycles. The van der Waals surface area contributed by atoms with Crippen LogP contribution in [0.4, 0.5) is 0 Å². The SMILES string of the molecule is Cc1ccc(CN(C)C(=O)CN2C(=O)c3ccccc3C2=O)cc1. The normalized spacial score (nSPS) is 13.2. The molecular formula is C19H18N2O3. The van der Waals surface area contributed by atoms with Crippen molar-refractivity contribution in [3.8, 4) is 0 Å². The van der Waals surface area contributed by atoms with Gasteiger partial charge in [0.2, 0.25) is 5.91 Å². The van der Waals surface area contributed by atoms with Gasteiger partial charge in [-0.3, -0.25) is 19.3 Å². The van der Waals surface area contributed by atoms with Crippen molar-refractivity contribution in [2.45, 2.75) is 13.5 Å². The van der Waals surface area contributed by atoms with Gasteiger partial charge in [-0.25, -0.2) is 0 Å². The van der Waals surface area contributed by atoms with Gasteiger partial charge in [-0.1, -0.05) is 42.0 Å². The van der Waals surface area contributed by atoms with E-state index in [1.807, 2.05) is 31.2 Å². The summed E-state index contributed by atoms with van der Waals surface area (Å²) in [5, 5.41) is 0. The first-order valence-electron chi connectivity index (χ1n) is 7.72. The lowest BCUT2D eigenvalue weighted by molar-refractivity contribution is -0.130. The molecule has 3 amide bonds. The van der Waals surface area contributed by atoms with Gasteiger partial charge in [-0.15, -0.1) is 0 Å². The molecule has 2 aromatic rings. The molecule has 0 aromatic heterocycles. The number of benzene rings is 2. The van der Waals surface area contributed by atoms with Crippen molar-refractivity contribution in [3.05, 3.63) is 70.8 Å². The summed E-state index contributed by atoms with van der Waals surface area (Å²) in [4.78, 5) is 39.5. The molecule has 0 spiro atoms. The lowest BCUT2D eigenvalue weighted by Gasteiger charge is -2.20. The average molecular weight is 322 g/mol. The summed E-state index contributed by atoms with van der Waals surface area (Å²) < 4.78 is 0. The molecule has 0 saturated carbocycles. The first-order valence-corrected chi connectivity index (χ1v) is 7.72. The standard InChI is InChI=1S/C19H18N2O3/c1-13-7-9-14(10-8-13)11-20(2)17(22)12-21-18(23)15-5-3-4-6-16(15)19(21)24/h3-10H,11-12H2,1-2H3. The van der Waals surface area contributed by atoms with Gasteiger partial charge in [0.1, 0.15) is 6.54 Å². The van der Waals surface area contributed by atoms with E-state index in [1.165, 1.54) is 4.90 Å². The molecule has 0 N–H and O–H groups in total. The molecule has 0 saturated heterocycles. The zero-order valence-electron chi connectivity index (χ0n) is 13.7. The van der Waals surface area contributed by atoms with E-state index in [-0.39, 0.29) is 12.5 Å². The van der Waals surface area contributed by atoms with Crippen molar-refractivity contribution < 1.29 is 14.4 Å². The number of likely N-dealkylation sites (N-methyl/N-ethyl adjacent to an activating group) is 1. The molecule has 2 aromatic carbocycles. The summed E-state index contributed by atoms with van der Waals surface area (Å²) >= 11 is 0. The quantitative estimate of drug-likeness (QED) is 0.811. The summed E-state index contributed by atoms with van der Waals surface area (Å²) in [6.07, 6.45) is 0. The van der Waals surface area contributed by atoms with E-state index in [2.05, 4.69) is 0 Å². The average Bonchev–Trinajstić information content (AvgIpc) is 2.82. The Labute approximate surface area is 140 Å². The Balaban J connectivity index is 1.68. The molecule has 3 rings (SSSR count). The van der Waals surface area contributed by atoms with Crippen LogP contribution in [-0.4, -0.2) is 41.1 Å². The first kappa shape index (κ1) is 15.9. The number of aryl methyl sites for hydroxylation is 1. The predicted molar refractivity (Wildman–Crippen MR) is 89.5 cm³/mol. The van der Waals surface area contributed by atoms with E-state index in [0.717, 1.165) is 16.0 Å². The van der Waals surface area contributed by atoms with Gasteiger partial charge < -0.3 is 4.90 Å². The minimum atomic E-state index is -0.410. The highest BCUT2D eigenvalue weighted by molar-refractivity contribution is 6.22. The highest BCUT2D eigenvalue weighted by Gasteiger charge is 2.36. The molecule has 0 unspecified atom stereocenters. The number of nitrogens with zero attached hydrogens (tertiary/aromatic N) is 2. The third kappa shape index (κ3) is 2.93. The third-order valence-corrected chi connectivity index (χ3v) is 4.14. The maximum Gasteiger partial charge on any atom is 0.262 e. The van der Waals surface area contributed by atoms with Crippen LogP contribution in [0, 0.1) is 6.92 Å². The molecule has 0 fully saturated rings. The van der Waals surface area contributed by atoms with E-state index >= 15 is 0 Å². The molecule has 24 heavy (non-hydrogen) atoms. The van der Waals surface area contributed by atoms with Crippen LogP contribution in [0.2, 0.25) is 0 Å². The molecule has 1 heterocycles. The van der Waals surface area contributed by atoms with Gasteiger partial charge in [-0.05, 0) is 24.6 Å². The summed E-state index contributed by atoms with van der Waals surface area (Å²) in [6.45, 7) is 2.19. The van der Waals surface area contributed by atoms with Gasteiger partial charge in [0.25, 0.3) is 11.8 Å². The summed E-state index contributed by atoms with van der Waals surface area (Å²) in [6, 6.07) is 14.5. The minimum absolute atomic E-state index is 0.241. The number of hydrogen-bond donors (Lipinski definition) is 0. The van der Waals surface area contributed by atoms with E-state index in [1.54, 1.807) is 31.3 Å². The molecule has 0 radical (unpaired) electrons. The number of amides is 3. The Morgan fingerprint density at radius 3 is 2.04 bits per heavy atom. The van der Waals surface area contributed by atoms with E-state index in [4.69, 9.17) is 0 Å². The van der Waals surface area contributed by atoms with Crippen molar-refractivity contribution in [3.63, 3.8) is 0 Å². The number of carbonyl (C=O) groups excluding carboxylic acids is 3. The Bertz CT molecular complexity index is 777. The van der Waals surface area contributed by atoms with Gasteiger partial charge in [0.15, 0.2) is 0 Å². The Morgan fingerprint density at radius 1 is 0.958 bits per heavy atom.